The molecule has 2 aromatic carbocycles. The van der Waals surface area contributed by atoms with Crippen LogP contribution in [0.4, 0.5) is 5.69 Å². The molecule has 0 atom stereocenters. The second-order valence-corrected chi connectivity index (χ2v) is 6.76. The third-order valence-corrected chi connectivity index (χ3v) is 4.48. The molecule has 0 aliphatic heterocycles. The van der Waals surface area contributed by atoms with E-state index in [1.165, 1.54) is 18.2 Å². The number of benzene rings is 2. The summed E-state index contributed by atoms with van der Waals surface area (Å²) < 4.78 is 10.8. The first-order valence-electron chi connectivity index (χ1n) is 8.28. The van der Waals surface area contributed by atoms with E-state index in [0.29, 0.717) is 17.2 Å². The lowest BCUT2D eigenvalue weighted by Gasteiger charge is -2.08. The molecule has 3 aromatic rings. The summed E-state index contributed by atoms with van der Waals surface area (Å²) in [6, 6.07) is 12.8. The number of nitro benzene ring substituents is 1. The highest BCUT2D eigenvalue weighted by Gasteiger charge is 2.09. The molecule has 0 saturated heterocycles. The number of rotatable bonds is 8. The number of ether oxygens (including phenoxy) is 1. The molecule has 0 unspecified atom stereocenters. The number of aliphatic carboxylic acids is 1. The first-order valence-corrected chi connectivity index (χ1v) is 9.09. The SMILES string of the molecule is Cc1nnc(S/C(=C/c2ccc(OCc3ccc([N+](=O)[O-])cc3)cc2)C(=O)[O-])o1. The van der Waals surface area contributed by atoms with Gasteiger partial charge in [-0.15, -0.1) is 10.2 Å². The summed E-state index contributed by atoms with van der Waals surface area (Å²) in [5.74, 6) is -0.459. The number of nitrogens with zero attached hydrogens (tertiary/aromatic N) is 3. The van der Waals surface area contributed by atoms with Crippen LogP contribution in [0.5, 0.6) is 5.75 Å². The van der Waals surface area contributed by atoms with Crippen molar-refractivity contribution in [1.82, 2.24) is 10.2 Å². The summed E-state index contributed by atoms with van der Waals surface area (Å²) in [5, 5.41) is 29.5. The second-order valence-electron chi connectivity index (χ2n) is 5.77. The molecule has 0 amide bonds. The third-order valence-electron chi connectivity index (χ3n) is 3.64. The average Bonchev–Trinajstić information content (AvgIpc) is 3.12. The number of nitro groups is 1. The number of non-ortho nitro benzene ring substituents is 1. The van der Waals surface area contributed by atoms with Crippen molar-refractivity contribution in [3.8, 4) is 5.75 Å². The van der Waals surface area contributed by atoms with Gasteiger partial charge in [0.15, 0.2) is 0 Å². The molecule has 0 fully saturated rings. The van der Waals surface area contributed by atoms with Crippen molar-refractivity contribution in [1.29, 1.82) is 0 Å². The fourth-order valence-corrected chi connectivity index (χ4v) is 2.95. The number of hydrogen-bond acceptors (Lipinski definition) is 9. The van der Waals surface area contributed by atoms with Gasteiger partial charge in [-0.3, -0.25) is 10.1 Å². The maximum atomic E-state index is 11.4. The van der Waals surface area contributed by atoms with Gasteiger partial charge in [0.05, 0.1) is 10.9 Å². The fraction of sp³-hybridized carbons (Fsp3) is 0.105. The van der Waals surface area contributed by atoms with E-state index in [1.807, 2.05) is 0 Å². The summed E-state index contributed by atoms with van der Waals surface area (Å²) >= 11 is 0.807. The molecule has 29 heavy (non-hydrogen) atoms. The molecule has 0 aliphatic rings. The number of hydrogen-bond donors (Lipinski definition) is 0. The van der Waals surface area contributed by atoms with Crippen molar-refractivity contribution in [3.63, 3.8) is 0 Å². The van der Waals surface area contributed by atoms with Gasteiger partial charge in [0.25, 0.3) is 10.9 Å². The molecule has 0 radical (unpaired) electrons. The van der Waals surface area contributed by atoms with Gasteiger partial charge in [-0.2, -0.15) is 0 Å². The Labute approximate surface area is 169 Å². The first-order chi connectivity index (χ1) is 13.9. The number of thioether (sulfide) groups is 1. The van der Waals surface area contributed by atoms with Crippen molar-refractivity contribution >= 4 is 29.5 Å². The second kappa shape index (κ2) is 9.02. The molecular formula is C19H14N3O6S-. The molecule has 0 bridgehead atoms. The molecule has 0 spiro atoms. The standard InChI is InChI=1S/C19H15N3O6S/c1-12-20-21-19(28-12)29-17(18(23)24)10-13-4-8-16(9-5-13)27-11-14-2-6-15(7-3-14)22(25)26/h2-10H,11H2,1H3,(H,23,24)/p-1/b17-10+. The zero-order valence-electron chi connectivity index (χ0n) is 15.1. The molecule has 148 valence electrons. The van der Waals surface area contributed by atoms with Gasteiger partial charge in [0, 0.05) is 24.0 Å². The van der Waals surface area contributed by atoms with Crippen molar-refractivity contribution in [2.45, 2.75) is 18.8 Å². The smallest absolute Gasteiger partial charge is 0.281 e. The Morgan fingerprint density at radius 1 is 1.17 bits per heavy atom. The first kappa shape index (κ1) is 20.1. The Bertz CT molecular complexity index is 1040. The van der Waals surface area contributed by atoms with E-state index in [4.69, 9.17) is 9.15 Å². The number of carbonyl (C=O) groups is 1. The normalized spacial score (nSPS) is 11.3. The minimum Gasteiger partial charge on any atom is -0.544 e. The van der Waals surface area contributed by atoms with Crippen LogP contribution in [0.1, 0.15) is 17.0 Å². The predicted octanol–water partition coefficient (Wildman–Crippen LogP) is 2.75. The molecule has 9 nitrogen and oxygen atoms in total. The molecule has 0 N–H and O–H groups in total. The zero-order chi connectivity index (χ0) is 20.8. The van der Waals surface area contributed by atoms with E-state index in [0.717, 1.165) is 17.3 Å². The summed E-state index contributed by atoms with van der Waals surface area (Å²) in [6.07, 6.45) is 1.43. The van der Waals surface area contributed by atoms with E-state index < -0.39 is 10.9 Å². The van der Waals surface area contributed by atoms with Crippen LogP contribution in [-0.2, 0) is 11.4 Å². The van der Waals surface area contributed by atoms with E-state index >= 15 is 0 Å². The summed E-state index contributed by atoms with van der Waals surface area (Å²) in [7, 11) is 0. The third kappa shape index (κ3) is 5.66. The van der Waals surface area contributed by atoms with Crippen LogP contribution < -0.4 is 9.84 Å². The van der Waals surface area contributed by atoms with E-state index in [1.54, 1.807) is 43.3 Å². The van der Waals surface area contributed by atoms with Gasteiger partial charge in [0.1, 0.15) is 12.4 Å². The zero-order valence-corrected chi connectivity index (χ0v) is 15.9. The van der Waals surface area contributed by atoms with E-state index in [2.05, 4.69) is 10.2 Å². The van der Waals surface area contributed by atoms with Crippen molar-refractivity contribution in [2.24, 2.45) is 0 Å². The minimum atomic E-state index is -1.36. The molecule has 0 aliphatic carbocycles. The lowest BCUT2D eigenvalue weighted by molar-refractivity contribution is -0.384. The molecule has 1 heterocycles. The highest BCUT2D eigenvalue weighted by molar-refractivity contribution is 8.03. The van der Waals surface area contributed by atoms with Crippen LogP contribution in [-0.4, -0.2) is 21.1 Å². The Balaban J connectivity index is 1.64. The van der Waals surface area contributed by atoms with Crippen LogP contribution in [0.25, 0.3) is 6.08 Å². The summed E-state index contributed by atoms with van der Waals surface area (Å²) in [6.45, 7) is 1.85. The Morgan fingerprint density at radius 3 is 2.41 bits per heavy atom. The molecule has 1 aromatic heterocycles. The molecule has 10 heteroatoms. The predicted molar refractivity (Wildman–Crippen MR) is 102 cm³/mol. The maximum absolute atomic E-state index is 11.4. The number of carbonyl (C=O) groups excluding carboxylic acids is 1. The Kier molecular flexibility index (Phi) is 6.25. The summed E-state index contributed by atoms with van der Waals surface area (Å²) in [5.41, 5.74) is 1.42. The van der Waals surface area contributed by atoms with E-state index in [-0.39, 0.29) is 22.4 Å². The van der Waals surface area contributed by atoms with Crippen molar-refractivity contribution in [2.75, 3.05) is 0 Å². The lowest BCUT2D eigenvalue weighted by Crippen LogP contribution is -2.23. The number of aromatic nitrogens is 2. The topological polar surface area (TPSA) is 131 Å². The van der Waals surface area contributed by atoms with Crippen LogP contribution >= 0.6 is 11.8 Å². The van der Waals surface area contributed by atoms with Gasteiger partial charge in [-0.1, -0.05) is 12.1 Å². The fourth-order valence-electron chi connectivity index (χ4n) is 2.24. The monoisotopic (exact) mass is 412 g/mol. The maximum Gasteiger partial charge on any atom is 0.281 e. The molecule has 0 saturated carbocycles. The van der Waals surface area contributed by atoms with Crippen LogP contribution in [0.15, 0.2) is 63.1 Å². The van der Waals surface area contributed by atoms with Gasteiger partial charge in [-0.05, 0) is 53.2 Å². The van der Waals surface area contributed by atoms with Crippen LogP contribution in [0.2, 0.25) is 0 Å². The van der Waals surface area contributed by atoms with Gasteiger partial charge in [0.2, 0.25) is 5.89 Å². The van der Waals surface area contributed by atoms with E-state index in [9.17, 15) is 20.0 Å². The number of aryl methyl sites for hydroxylation is 1. The number of carboxylic acid groups (broad SMARTS) is 1. The van der Waals surface area contributed by atoms with Gasteiger partial charge in [-0.25, -0.2) is 0 Å². The Morgan fingerprint density at radius 2 is 1.86 bits per heavy atom. The number of carboxylic acids is 1. The summed E-state index contributed by atoms with van der Waals surface area (Å²) in [4.78, 5) is 21.5. The highest BCUT2D eigenvalue weighted by Crippen LogP contribution is 2.27. The van der Waals surface area contributed by atoms with Crippen molar-refractivity contribution < 1.29 is 24.0 Å². The minimum absolute atomic E-state index is 0.0159. The highest BCUT2D eigenvalue weighted by atomic mass is 32.2. The van der Waals surface area contributed by atoms with Crippen molar-refractivity contribution in [3.05, 3.63) is 80.6 Å². The molecular weight excluding hydrogens is 398 g/mol. The Hall–Kier alpha value is -3.66. The average molecular weight is 412 g/mol. The quantitative estimate of drug-likeness (QED) is 0.237. The largest absolute Gasteiger partial charge is 0.544 e. The van der Waals surface area contributed by atoms with Crippen LogP contribution in [0, 0.1) is 17.0 Å². The lowest BCUT2D eigenvalue weighted by atomic mass is 10.2. The van der Waals surface area contributed by atoms with Crippen LogP contribution in [0.3, 0.4) is 0 Å². The van der Waals surface area contributed by atoms with Gasteiger partial charge < -0.3 is 19.1 Å². The molecule has 3 rings (SSSR count). The van der Waals surface area contributed by atoms with Gasteiger partial charge >= 0.3 is 0 Å².